The number of hydrogen-bond donors (Lipinski definition) is 2. The fourth-order valence-electron chi connectivity index (χ4n) is 1.67. The second-order valence-electron chi connectivity index (χ2n) is 4.36. The van der Waals surface area contributed by atoms with Crippen molar-refractivity contribution in [3.63, 3.8) is 0 Å². The van der Waals surface area contributed by atoms with Crippen LogP contribution in [0.2, 0.25) is 0 Å². The zero-order valence-electron chi connectivity index (χ0n) is 9.14. The minimum absolute atomic E-state index is 0.263. The summed E-state index contributed by atoms with van der Waals surface area (Å²) in [7, 11) is -4.00. The van der Waals surface area contributed by atoms with Gasteiger partial charge in [-0.3, -0.25) is 4.55 Å². The Morgan fingerprint density at radius 1 is 1.14 bits per heavy atom. The predicted molar refractivity (Wildman–Crippen MR) is 62.1 cm³/mol. The van der Waals surface area contributed by atoms with Crippen LogP contribution in [-0.4, -0.2) is 17.6 Å². The highest BCUT2D eigenvalue weighted by Crippen LogP contribution is 2.28. The molecule has 0 aromatic carbocycles. The molecule has 1 unspecified atom stereocenters. The molecule has 0 saturated carbocycles. The van der Waals surface area contributed by atoms with Crippen LogP contribution in [0.15, 0.2) is 0 Å². The molecule has 0 spiro atoms. The minimum atomic E-state index is -4.00. The molecule has 0 aliphatic carbocycles. The summed E-state index contributed by atoms with van der Waals surface area (Å²) >= 11 is 3.90. The molecule has 0 heterocycles. The van der Waals surface area contributed by atoms with Crippen molar-refractivity contribution in [2.45, 2.75) is 38.7 Å². The highest BCUT2D eigenvalue weighted by atomic mass is 32.3. The first-order valence-corrected chi connectivity index (χ1v) is 6.82. The maximum absolute atomic E-state index is 10.8. The second-order valence-corrected chi connectivity index (χ2v) is 6.93. The highest BCUT2D eigenvalue weighted by Gasteiger charge is 2.26. The predicted octanol–water partition coefficient (Wildman–Crippen LogP) is 2.45. The van der Waals surface area contributed by atoms with Crippen molar-refractivity contribution in [2.75, 3.05) is 0 Å². The average Bonchev–Trinajstić information content (AvgIpc) is 1.96. The van der Waals surface area contributed by atoms with E-state index in [0.717, 1.165) is 0 Å². The van der Waals surface area contributed by atoms with Gasteiger partial charge >= 0.3 is 0 Å². The monoisotopic (exact) mass is 240 g/mol. The van der Waals surface area contributed by atoms with Gasteiger partial charge in [-0.05, 0) is 24.2 Å². The molecule has 0 aliphatic rings. The van der Waals surface area contributed by atoms with E-state index >= 15 is 0 Å². The van der Waals surface area contributed by atoms with Crippen LogP contribution in [0.3, 0.4) is 0 Å². The molecule has 0 radical (unpaired) electrons. The van der Waals surface area contributed by atoms with Gasteiger partial charge in [0.1, 0.15) is 4.58 Å². The van der Waals surface area contributed by atoms with Crippen molar-refractivity contribution >= 4 is 22.7 Å². The van der Waals surface area contributed by atoms with E-state index in [9.17, 15) is 8.42 Å². The lowest BCUT2D eigenvalue weighted by molar-refractivity contribution is 0.274. The van der Waals surface area contributed by atoms with Gasteiger partial charge in [0.15, 0.2) is 0 Å². The molecule has 86 valence electrons. The fraction of sp³-hybridized carbons (Fsp3) is 1.00. The normalized spacial score (nSPS) is 15.5. The van der Waals surface area contributed by atoms with Crippen molar-refractivity contribution in [3.05, 3.63) is 0 Å². The third-order valence-corrected chi connectivity index (χ3v) is 4.42. The third kappa shape index (κ3) is 4.66. The Balaban J connectivity index is 4.47. The summed E-state index contributed by atoms with van der Waals surface area (Å²) in [5, 5.41) is 0. The van der Waals surface area contributed by atoms with E-state index < -0.39 is 14.7 Å². The minimum Gasteiger partial charge on any atom is -0.285 e. The first-order valence-electron chi connectivity index (χ1n) is 4.80. The Hall–Kier alpha value is 0.260. The Kier molecular flexibility index (Phi) is 5.47. The van der Waals surface area contributed by atoms with E-state index in [0.29, 0.717) is 18.3 Å². The van der Waals surface area contributed by atoms with Gasteiger partial charge in [0, 0.05) is 0 Å². The lowest BCUT2D eigenvalue weighted by Crippen LogP contribution is -2.24. The molecule has 0 amide bonds. The van der Waals surface area contributed by atoms with Crippen molar-refractivity contribution in [1.82, 2.24) is 0 Å². The number of thiol groups is 1. The lowest BCUT2D eigenvalue weighted by atomic mass is 9.83. The third-order valence-electron chi connectivity index (χ3n) is 2.53. The molecule has 3 nitrogen and oxygen atoms in total. The van der Waals surface area contributed by atoms with Crippen LogP contribution in [0.5, 0.6) is 0 Å². The summed E-state index contributed by atoms with van der Waals surface area (Å²) < 4.78 is 29.4. The molecule has 14 heavy (non-hydrogen) atoms. The van der Waals surface area contributed by atoms with Crippen molar-refractivity contribution in [3.8, 4) is 0 Å². The first-order chi connectivity index (χ1) is 6.16. The van der Waals surface area contributed by atoms with Gasteiger partial charge in [-0.15, -0.1) is 0 Å². The van der Waals surface area contributed by atoms with E-state index in [4.69, 9.17) is 4.55 Å². The van der Waals surface area contributed by atoms with E-state index in [1.807, 2.05) is 0 Å². The van der Waals surface area contributed by atoms with Crippen LogP contribution >= 0.6 is 12.6 Å². The summed E-state index contributed by atoms with van der Waals surface area (Å²) in [6, 6.07) is 0. The molecular weight excluding hydrogens is 220 g/mol. The lowest BCUT2D eigenvalue weighted by Gasteiger charge is -2.26. The van der Waals surface area contributed by atoms with Crippen molar-refractivity contribution in [2.24, 2.45) is 17.8 Å². The quantitative estimate of drug-likeness (QED) is 0.573. The van der Waals surface area contributed by atoms with Gasteiger partial charge < -0.3 is 0 Å². The zero-order valence-corrected chi connectivity index (χ0v) is 10.8. The fourth-order valence-corrected chi connectivity index (χ4v) is 2.38. The zero-order chi connectivity index (χ0) is 11.5. The van der Waals surface area contributed by atoms with E-state index in [1.165, 1.54) is 0 Å². The molecule has 0 bridgehead atoms. The molecule has 5 heteroatoms. The van der Waals surface area contributed by atoms with Gasteiger partial charge in [-0.2, -0.15) is 21.0 Å². The van der Waals surface area contributed by atoms with Crippen molar-refractivity contribution in [1.29, 1.82) is 0 Å². The molecule has 0 aromatic heterocycles. The summed E-state index contributed by atoms with van der Waals surface area (Å²) in [5.74, 6) is 1.05. The molecule has 0 saturated heterocycles. The van der Waals surface area contributed by atoms with E-state index in [2.05, 4.69) is 40.3 Å². The molecule has 0 rings (SSSR count). The molecule has 0 aromatic rings. The maximum Gasteiger partial charge on any atom is 0.276 e. The Morgan fingerprint density at radius 3 is 1.71 bits per heavy atom. The molecule has 1 N–H and O–H groups in total. The van der Waals surface area contributed by atoms with Gasteiger partial charge in [-0.25, -0.2) is 0 Å². The van der Waals surface area contributed by atoms with E-state index in [-0.39, 0.29) is 5.92 Å². The largest absolute Gasteiger partial charge is 0.285 e. The molecular formula is C9H20O3S2. The average molecular weight is 240 g/mol. The van der Waals surface area contributed by atoms with Gasteiger partial charge in [0.25, 0.3) is 10.1 Å². The van der Waals surface area contributed by atoms with Crippen LogP contribution in [0.1, 0.15) is 34.1 Å². The number of rotatable bonds is 5. The van der Waals surface area contributed by atoms with Crippen molar-refractivity contribution < 1.29 is 13.0 Å². The van der Waals surface area contributed by atoms with Crippen LogP contribution in [0, 0.1) is 17.8 Å². The summed E-state index contributed by atoms with van der Waals surface area (Å²) in [6.07, 6.45) is 0.400. The van der Waals surface area contributed by atoms with Crippen LogP contribution in [0.25, 0.3) is 0 Å². The Bertz CT molecular complexity index is 249. The number of hydrogen-bond acceptors (Lipinski definition) is 3. The molecule has 0 aliphatic heterocycles. The van der Waals surface area contributed by atoms with Gasteiger partial charge in [-0.1, -0.05) is 27.7 Å². The van der Waals surface area contributed by atoms with Crippen LogP contribution < -0.4 is 0 Å². The topological polar surface area (TPSA) is 54.4 Å². The standard InChI is InChI=1S/C9H20O3S2/c1-6(2)8(7(3)4)5-9(13)14(10,11)12/h6-9,13H,5H2,1-4H3,(H,10,11,12). The highest BCUT2D eigenvalue weighted by molar-refractivity contribution is 8.01. The first kappa shape index (κ1) is 14.3. The van der Waals surface area contributed by atoms with Gasteiger partial charge in [0.05, 0.1) is 0 Å². The van der Waals surface area contributed by atoms with Crippen LogP contribution in [0.4, 0.5) is 0 Å². The van der Waals surface area contributed by atoms with Gasteiger partial charge in [0.2, 0.25) is 0 Å². The summed E-state index contributed by atoms with van der Waals surface area (Å²) in [6.45, 7) is 8.20. The maximum atomic E-state index is 10.8. The van der Waals surface area contributed by atoms with Crippen LogP contribution in [-0.2, 0) is 10.1 Å². The molecule has 1 atom stereocenters. The molecule has 0 fully saturated rings. The Labute approximate surface area is 92.4 Å². The summed E-state index contributed by atoms with van der Waals surface area (Å²) in [5.41, 5.74) is 0. The SMILES string of the molecule is CC(C)C(CC(S)S(=O)(=O)O)C(C)C. The Morgan fingerprint density at radius 2 is 1.50 bits per heavy atom. The van der Waals surface area contributed by atoms with E-state index in [1.54, 1.807) is 0 Å². The summed E-state index contributed by atoms with van der Waals surface area (Å²) in [4.78, 5) is 0. The second kappa shape index (κ2) is 5.37. The smallest absolute Gasteiger partial charge is 0.276 e.